The number of rotatable bonds is 10. The number of ether oxygens (including phenoxy) is 2. The van der Waals surface area contributed by atoms with Gasteiger partial charge in [0.25, 0.3) is 0 Å². The van der Waals surface area contributed by atoms with E-state index in [9.17, 15) is 38.3 Å². The Morgan fingerprint density at radius 2 is 1.80 bits per heavy atom. The van der Waals surface area contributed by atoms with E-state index in [1.54, 1.807) is 10.6 Å². The predicted octanol–water partition coefficient (Wildman–Crippen LogP) is 1.42. The molecule has 1 aliphatic heterocycles. The molecule has 16 heteroatoms. The highest BCUT2D eigenvalue weighted by Crippen LogP contribution is 2.71. The fraction of sp³-hybridized carbons (Fsp3) is 0.583. The van der Waals surface area contributed by atoms with Gasteiger partial charge >= 0.3 is 26.2 Å². The van der Waals surface area contributed by atoms with E-state index in [1.807, 2.05) is 0 Å². The Kier molecular flexibility index (Phi) is 8.58. The minimum atomic E-state index is -5.77. The maximum atomic E-state index is 13.6. The van der Waals surface area contributed by atoms with Gasteiger partial charge in [-0.15, -0.1) is 0 Å². The fourth-order valence-corrected chi connectivity index (χ4v) is 8.07. The summed E-state index contributed by atoms with van der Waals surface area (Å²) in [5, 5.41) is -3.41. The van der Waals surface area contributed by atoms with E-state index in [0.717, 1.165) is 31.5 Å². The van der Waals surface area contributed by atoms with Crippen LogP contribution in [0.3, 0.4) is 0 Å². The number of nitrogens with two attached hydrogens (primary N) is 2. The van der Waals surface area contributed by atoms with Gasteiger partial charge in [-0.25, -0.2) is 4.79 Å². The molecule has 0 radical (unpaired) electrons. The first kappa shape index (κ1) is 30.7. The number of pyridine rings is 1. The van der Waals surface area contributed by atoms with Crippen LogP contribution < -0.4 is 26.5 Å². The lowest BCUT2D eigenvalue weighted by molar-refractivity contribution is 0.0211. The van der Waals surface area contributed by atoms with Crippen LogP contribution in [0.15, 0.2) is 23.1 Å². The zero-order valence-corrected chi connectivity index (χ0v) is 24.1. The molecule has 2 atom stereocenters. The summed E-state index contributed by atoms with van der Waals surface area (Å²) in [6.45, 7) is 3.22. The molecule has 0 amide bonds. The second-order valence-corrected chi connectivity index (χ2v) is 14.6. The number of anilines is 1. The van der Waals surface area contributed by atoms with E-state index >= 15 is 0 Å². The van der Waals surface area contributed by atoms with Gasteiger partial charge in [0.2, 0.25) is 5.43 Å². The van der Waals surface area contributed by atoms with Crippen LogP contribution in [0, 0.1) is 5.92 Å². The van der Waals surface area contributed by atoms with E-state index in [4.69, 9.17) is 20.9 Å². The van der Waals surface area contributed by atoms with Crippen LogP contribution >= 0.6 is 15.2 Å². The summed E-state index contributed by atoms with van der Waals surface area (Å²) in [6.07, 6.45) is 2.36. The van der Waals surface area contributed by atoms with Crippen molar-refractivity contribution in [1.82, 2.24) is 4.57 Å². The Morgan fingerprint density at radius 1 is 1.15 bits per heavy atom. The van der Waals surface area contributed by atoms with Crippen LogP contribution in [0.2, 0.25) is 0 Å². The Hall–Kier alpha value is -2.28. The van der Waals surface area contributed by atoms with Crippen molar-refractivity contribution in [3.05, 3.63) is 34.1 Å². The number of piperidine rings is 1. The van der Waals surface area contributed by atoms with Crippen molar-refractivity contribution in [3.8, 4) is 5.75 Å². The third-order valence-corrected chi connectivity index (χ3v) is 11.4. The first-order valence-electron chi connectivity index (χ1n) is 13.0. The van der Waals surface area contributed by atoms with Crippen LogP contribution in [0.5, 0.6) is 5.75 Å². The molecule has 14 nitrogen and oxygen atoms in total. The molecule has 222 valence electrons. The number of aromatic nitrogens is 1. The molecule has 1 aromatic heterocycles. The maximum Gasteiger partial charge on any atom is 0.381 e. The molecule has 8 N–H and O–H groups in total. The van der Waals surface area contributed by atoms with E-state index in [1.165, 1.54) is 19.4 Å². The molecule has 0 bridgehead atoms. The average molecular weight is 603 g/mol. The monoisotopic (exact) mass is 602 g/mol. The third kappa shape index (κ3) is 5.60. The number of fused-ring (bicyclic) bond motifs is 1. The van der Waals surface area contributed by atoms with Gasteiger partial charge < -0.3 is 50.0 Å². The summed E-state index contributed by atoms with van der Waals surface area (Å²) in [5.41, 5.74) is 11.3. The number of nitrogens with zero attached hydrogens (tertiary/aromatic N) is 2. The summed E-state index contributed by atoms with van der Waals surface area (Å²) in [7, 11) is -10.1. The highest BCUT2D eigenvalue weighted by Gasteiger charge is 2.63. The van der Waals surface area contributed by atoms with E-state index in [2.05, 4.69) is 11.8 Å². The number of esters is 1. The molecule has 2 aliphatic rings. The van der Waals surface area contributed by atoms with Gasteiger partial charge in [-0.3, -0.25) is 13.9 Å². The van der Waals surface area contributed by atoms with Crippen molar-refractivity contribution in [2.75, 3.05) is 31.6 Å². The van der Waals surface area contributed by atoms with Crippen LogP contribution in [0.1, 0.15) is 55.4 Å². The lowest BCUT2D eigenvalue weighted by Gasteiger charge is -2.37. The van der Waals surface area contributed by atoms with Crippen LogP contribution in [-0.4, -0.2) is 68.0 Å². The summed E-state index contributed by atoms with van der Waals surface area (Å²) < 4.78 is 37.1. The summed E-state index contributed by atoms with van der Waals surface area (Å²) in [5.74, 6) is -0.830. The van der Waals surface area contributed by atoms with Crippen LogP contribution in [-0.2, 0) is 13.9 Å². The number of benzene rings is 1. The molecule has 1 aromatic carbocycles. The molecular weight excluding hydrogens is 566 g/mol. The van der Waals surface area contributed by atoms with Crippen molar-refractivity contribution in [3.63, 3.8) is 0 Å². The number of carbonyl (C=O) groups is 1. The number of hydrogen-bond donors (Lipinski definition) is 6. The number of methoxy groups -OCH3 is 1. The topological polar surface area (TPSA) is 228 Å². The van der Waals surface area contributed by atoms with E-state index in [0.29, 0.717) is 23.7 Å². The summed E-state index contributed by atoms with van der Waals surface area (Å²) in [6, 6.07) is 3.07. The zero-order chi connectivity index (χ0) is 29.6. The molecule has 1 saturated carbocycles. The quantitative estimate of drug-likeness (QED) is 0.167. The smallest absolute Gasteiger partial charge is 0.381 e. The molecule has 4 rings (SSSR count). The second kappa shape index (κ2) is 11.2. The molecule has 2 aromatic rings. The lowest BCUT2D eigenvalue weighted by Crippen LogP contribution is -2.46. The van der Waals surface area contributed by atoms with Crippen molar-refractivity contribution >= 4 is 37.8 Å². The molecule has 2 fully saturated rings. The Labute approximate surface area is 230 Å². The second-order valence-electron chi connectivity index (χ2n) is 10.6. The highest BCUT2D eigenvalue weighted by atomic mass is 31.2. The Bertz CT molecular complexity index is 1420. The molecule has 1 aliphatic carbocycles. The van der Waals surface area contributed by atoms with Crippen molar-refractivity contribution in [2.45, 2.75) is 56.2 Å². The van der Waals surface area contributed by atoms with Gasteiger partial charge in [-0.1, -0.05) is 6.92 Å². The SMILES string of the molecule is COc1c(N2C[C@@H](C)C[C@H](N)C2)ccc2c(=O)c(C(=O)OC(CCCN)(P(=O)(O)O)P(=O)(O)O)cn(C3CC3)c12. The van der Waals surface area contributed by atoms with Crippen LogP contribution in [0.25, 0.3) is 10.9 Å². The van der Waals surface area contributed by atoms with Gasteiger partial charge in [0.1, 0.15) is 5.56 Å². The molecule has 0 spiro atoms. The van der Waals surface area contributed by atoms with Gasteiger partial charge in [0.15, 0.2) is 5.75 Å². The molecule has 2 heterocycles. The molecule has 40 heavy (non-hydrogen) atoms. The minimum Gasteiger partial charge on any atom is -0.492 e. The average Bonchev–Trinajstić information content (AvgIpc) is 3.69. The van der Waals surface area contributed by atoms with E-state index < -0.39 is 43.7 Å². The predicted molar refractivity (Wildman–Crippen MR) is 148 cm³/mol. The van der Waals surface area contributed by atoms with Crippen molar-refractivity contribution in [2.24, 2.45) is 17.4 Å². The minimum absolute atomic E-state index is 0.0468. The third-order valence-electron chi connectivity index (χ3n) is 7.40. The van der Waals surface area contributed by atoms with Gasteiger partial charge in [0.05, 0.1) is 23.7 Å². The lowest BCUT2D eigenvalue weighted by atomic mass is 9.95. The number of carbonyl (C=O) groups excluding carboxylic acids is 1. The molecule has 1 saturated heterocycles. The first-order chi connectivity index (χ1) is 18.6. The Morgan fingerprint density at radius 3 is 2.33 bits per heavy atom. The maximum absolute atomic E-state index is 13.6. The molecular formula is C24H36N4O10P2. The summed E-state index contributed by atoms with van der Waals surface area (Å²) in [4.78, 5) is 68.7. The van der Waals surface area contributed by atoms with Crippen molar-refractivity contribution < 1.29 is 43.0 Å². The standard InChI is InChI=1S/C24H36N4O10P2/c1-14-10-15(26)12-27(11-14)19-7-6-17-20(22(19)37-2)28(16-4-5-16)13-18(21(17)29)23(30)38-24(8-3-9-25,39(31,32)33)40(34,35)36/h6-7,13-16H,3-5,8-12,25-26H2,1-2H3,(H2,31,32,33)(H2,34,35,36)/t14-,15-/m0/s1. The highest BCUT2D eigenvalue weighted by molar-refractivity contribution is 7.72. The normalized spacial score (nSPS) is 20.6. The molecule has 0 unspecified atom stereocenters. The largest absolute Gasteiger partial charge is 0.492 e. The number of hydrogen-bond acceptors (Lipinski definition) is 9. The van der Waals surface area contributed by atoms with Gasteiger partial charge in [0, 0.05) is 37.8 Å². The van der Waals surface area contributed by atoms with E-state index in [-0.39, 0.29) is 30.4 Å². The van der Waals surface area contributed by atoms with Gasteiger partial charge in [-0.2, -0.15) is 0 Å². The van der Waals surface area contributed by atoms with Gasteiger partial charge in [-0.05, 0) is 50.3 Å². The van der Waals surface area contributed by atoms with Crippen molar-refractivity contribution in [1.29, 1.82) is 0 Å². The first-order valence-corrected chi connectivity index (χ1v) is 16.2. The van der Waals surface area contributed by atoms with Crippen LogP contribution in [0.4, 0.5) is 5.69 Å². The fourth-order valence-electron chi connectivity index (χ4n) is 5.41. The zero-order valence-electron chi connectivity index (χ0n) is 22.3. The Balaban J connectivity index is 1.87. The summed E-state index contributed by atoms with van der Waals surface area (Å²) >= 11 is 0.